The predicted octanol–water partition coefficient (Wildman–Crippen LogP) is 1.45. The van der Waals surface area contributed by atoms with Crippen LogP contribution in [-0.2, 0) is 14.9 Å². The summed E-state index contributed by atoms with van der Waals surface area (Å²) in [5, 5.41) is 12.2. The smallest absolute Gasteiger partial charge is 0.266 e. The fraction of sp³-hybridized carbons (Fsp3) is 0.111. The molecule has 2 rings (SSSR count). The van der Waals surface area contributed by atoms with Crippen LogP contribution in [0.4, 0.5) is 0 Å². The molecule has 0 aliphatic rings. The fourth-order valence-electron chi connectivity index (χ4n) is 1.35. The second-order valence-corrected chi connectivity index (χ2v) is 5.63. The van der Waals surface area contributed by atoms with E-state index in [0.29, 0.717) is 0 Å². The molecule has 0 saturated heterocycles. The van der Waals surface area contributed by atoms with Crippen LogP contribution in [0.5, 0.6) is 5.75 Å². The van der Waals surface area contributed by atoms with Gasteiger partial charge in [-0.1, -0.05) is 4.89 Å². The molecule has 0 fully saturated rings. The number of rotatable bonds is 3. The van der Waals surface area contributed by atoms with Gasteiger partial charge in [0.1, 0.15) is 10.6 Å². The van der Waals surface area contributed by atoms with Crippen LogP contribution in [0.15, 0.2) is 28.5 Å². The van der Waals surface area contributed by atoms with E-state index in [2.05, 4.69) is 4.84 Å². The van der Waals surface area contributed by atoms with Crippen molar-refractivity contribution in [1.82, 2.24) is 4.89 Å². The van der Waals surface area contributed by atoms with Crippen molar-refractivity contribution in [1.29, 1.82) is 0 Å². The van der Waals surface area contributed by atoms with E-state index in [1.54, 1.807) is 6.07 Å². The van der Waals surface area contributed by atoms with Crippen molar-refractivity contribution in [2.45, 2.75) is 4.90 Å². The molecule has 0 unspecified atom stereocenters. The Bertz CT molecular complexity index is 617. The third-order valence-electron chi connectivity index (χ3n) is 2.02. The van der Waals surface area contributed by atoms with Crippen molar-refractivity contribution in [3.05, 3.63) is 23.6 Å². The lowest BCUT2D eigenvalue weighted by molar-refractivity contribution is 0.153. The Morgan fingerprint density at radius 1 is 1.44 bits per heavy atom. The van der Waals surface area contributed by atoms with E-state index >= 15 is 0 Å². The lowest BCUT2D eigenvalue weighted by atomic mass is 10.2. The van der Waals surface area contributed by atoms with Gasteiger partial charge in [-0.3, -0.25) is 4.84 Å². The van der Waals surface area contributed by atoms with Crippen molar-refractivity contribution < 1.29 is 18.4 Å². The monoisotopic (exact) mass is 259 g/mol. The highest BCUT2D eigenvalue weighted by molar-refractivity contribution is 7.89. The topological polar surface area (TPSA) is 75.6 Å². The number of hydrogen-bond donors (Lipinski definition) is 2. The van der Waals surface area contributed by atoms with Gasteiger partial charge in [0, 0.05) is 4.70 Å². The predicted molar refractivity (Wildman–Crippen MR) is 60.8 cm³/mol. The van der Waals surface area contributed by atoms with Crippen LogP contribution in [0.25, 0.3) is 10.1 Å². The lowest BCUT2D eigenvalue weighted by Crippen LogP contribution is -2.22. The second kappa shape index (κ2) is 4.02. The number of aromatic hydroxyl groups is 1. The van der Waals surface area contributed by atoms with Crippen molar-refractivity contribution in [2.75, 3.05) is 7.11 Å². The van der Waals surface area contributed by atoms with Gasteiger partial charge in [0.15, 0.2) is 0 Å². The maximum Gasteiger partial charge on any atom is 0.266 e. The fourth-order valence-corrected chi connectivity index (χ4v) is 3.08. The van der Waals surface area contributed by atoms with Crippen molar-refractivity contribution in [3.63, 3.8) is 0 Å². The molecule has 1 heterocycles. The molecule has 0 saturated carbocycles. The molecule has 16 heavy (non-hydrogen) atoms. The van der Waals surface area contributed by atoms with Crippen molar-refractivity contribution in [3.8, 4) is 5.75 Å². The summed E-state index contributed by atoms with van der Waals surface area (Å²) in [6.07, 6.45) is 0. The number of benzene rings is 1. The van der Waals surface area contributed by atoms with Crippen molar-refractivity contribution in [2.24, 2.45) is 0 Å². The van der Waals surface area contributed by atoms with E-state index in [1.807, 2.05) is 10.3 Å². The first-order valence-electron chi connectivity index (χ1n) is 4.29. The molecule has 7 heteroatoms. The number of sulfonamides is 1. The molecule has 1 aromatic heterocycles. The Morgan fingerprint density at radius 2 is 2.19 bits per heavy atom. The first-order valence-corrected chi connectivity index (χ1v) is 6.66. The van der Waals surface area contributed by atoms with Crippen LogP contribution in [0, 0.1) is 0 Å². The number of fused-ring (bicyclic) bond motifs is 1. The number of hydrogen-bond acceptors (Lipinski definition) is 5. The summed E-state index contributed by atoms with van der Waals surface area (Å²) in [5.74, 6) is -0.292. The van der Waals surface area contributed by atoms with Crippen LogP contribution in [0.3, 0.4) is 0 Å². The van der Waals surface area contributed by atoms with Gasteiger partial charge in [-0.25, -0.2) is 8.42 Å². The van der Waals surface area contributed by atoms with Crippen LogP contribution >= 0.6 is 11.3 Å². The van der Waals surface area contributed by atoms with Gasteiger partial charge in [-0.15, -0.1) is 11.3 Å². The molecule has 1 aromatic carbocycles. The van der Waals surface area contributed by atoms with E-state index in [4.69, 9.17) is 0 Å². The summed E-state index contributed by atoms with van der Waals surface area (Å²) in [4.78, 5) is 6.02. The molecule has 0 aliphatic carbocycles. The third-order valence-corrected chi connectivity index (χ3v) is 4.19. The summed E-state index contributed by atoms with van der Waals surface area (Å²) in [6, 6.07) is 4.61. The molecule has 0 atom stereocenters. The number of phenols is 1. The maximum atomic E-state index is 11.6. The highest BCUT2D eigenvalue weighted by Crippen LogP contribution is 2.31. The van der Waals surface area contributed by atoms with Gasteiger partial charge in [-0.2, -0.15) is 0 Å². The lowest BCUT2D eigenvalue weighted by Gasteiger charge is -2.06. The molecule has 0 spiro atoms. The average Bonchev–Trinajstić information content (AvgIpc) is 2.63. The molecule has 0 amide bonds. The van der Waals surface area contributed by atoms with Crippen LogP contribution in [0.2, 0.25) is 0 Å². The van der Waals surface area contributed by atoms with E-state index in [9.17, 15) is 13.5 Å². The zero-order valence-electron chi connectivity index (χ0n) is 8.30. The molecule has 2 N–H and O–H groups in total. The van der Waals surface area contributed by atoms with Gasteiger partial charge >= 0.3 is 0 Å². The van der Waals surface area contributed by atoms with Gasteiger partial charge in [0.2, 0.25) is 0 Å². The Morgan fingerprint density at radius 3 is 2.88 bits per heavy atom. The standard InChI is InChI=1S/C9H9NO4S2/c1-14-10-16(12,13)9-4-6-2-3-15-8(6)5-7(9)11/h2-5,10-11H,1H3. The molecule has 0 bridgehead atoms. The molecular formula is C9H9NO4S2. The second-order valence-electron chi connectivity index (χ2n) is 3.07. The summed E-state index contributed by atoms with van der Waals surface area (Å²) in [7, 11) is -2.64. The quantitative estimate of drug-likeness (QED) is 0.818. The Hall–Kier alpha value is -1.15. The zero-order valence-corrected chi connectivity index (χ0v) is 9.93. The number of phenolic OH excluding ortho intramolecular Hbond substituents is 1. The minimum absolute atomic E-state index is 0.194. The first kappa shape index (κ1) is 11.3. The van der Waals surface area contributed by atoms with E-state index < -0.39 is 10.0 Å². The van der Waals surface area contributed by atoms with Gasteiger partial charge in [0.05, 0.1) is 7.11 Å². The molecule has 0 radical (unpaired) electrons. The Labute approximate surface area is 96.3 Å². The molecule has 0 aliphatic heterocycles. The summed E-state index contributed by atoms with van der Waals surface area (Å²) in [6.45, 7) is 0. The number of nitrogens with one attached hydrogen (secondary N) is 1. The minimum atomic E-state index is -3.83. The third kappa shape index (κ3) is 1.90. The highest BCUT2D eigenvalue weighted by Gasteiger charge is 2.19. The Kier molecular flexibility index (Phi) is 2.85. The number of thiophene rings is 1. The largest absolute Gasteiger partial charge is 0.506 e. The Balaban J connectivity index is 2.64. The SMILES string of the molecule is CONS(=O)(=O)c1cc2ccsc2cc1O. The van der Waals surface area contributed by atoms with Gasteiger partial charge in [0.25, 0.3) is 10.0 Å². The van der Waals surface area contributed by atoms with Gasteiger partial charge < -0.3 is 5.11 Å². The maximum absolute atomic E-state index is 11.6. The first-order chi connectivity index (χ1) is 7.54. The molecule has 2 aromatic rings. The highest BCUT2D eigenvalue weighted by atomic mass is 32.2. The van der Waals surface area contributed by atoms with Crippen molar-refractivity contribution >= 4 is 31.4 Å². The summed E-state index contributed by atoms with van der Waals surface area (Å²) in [5.41, 5.74) is 0. The molecule has 5 nitrogen and oxygen atoms in total. The average molecular weight is 259 g/mol. The summed E-state index contributed by atoms with van der Waals surface area (Å²) >= 11 is 1.43. The van der Waals surface area contributed by atoms with Crippen LogP contribution < -0.4 is 4.89 Å². The van der Waals surface area contributed by atoms with E-state index in [0.717, 1.165) is 10.1 Å². The van der Waals surface area contributed by atoms with Gasteiger partial charge in [-0.05, 0) is 29.0 Å². The van der Waals surface area contributed by atoms with Crippen LogP contribution in [-0.4, -0.2) is 20.6 Å². The van der Waals surface area contributed by atoms with E-state index in [1.165, 1.54) is 30.6 Å². The zero-order chi connectivity index (χ0) is 11.8. The normalized spacial score (nSPS) is 12.1. The molecule has 86 valence electrons. The molecular weight excluding hydrogens is 250 g/mol. The van der Waals surface area contributed by atoms with Crippen LogP contribution in [0.1, 0.15) is 0 Å². The summed E-state index contributed by atoms with van der Waals surface area (Å²) < 4.78 is 24.1. The minimum Gasteiger partial charge on any atom is -0.506 e. The van der Waals surface area contributed by atoms with E-state index in [-0.39, 0.29) is 10.6 Å².